The van der Waals surface area contributed by atoms with E-state index < -0.39 is 5.97 Å². The lowest BCUT2D eigenvalue weighted by Gasteiger charge is -2.31. The third-order valence-corrected chi connectivity index (χ3v) is 3.99. The molecular weight excluding hydrogens is 310 g/mol. The van der Waals surface area contributed by atoms with E-state index in [1.54, 1.807) is 7.11 Å². The molecule has 1 atom stereocenters. The average Bonchev–Trinajstić information content (AvgIpc) is 2.41. The van der Waals surface area contributed by atoms with Crippen molar-refractivity contribution >= 4 is 21.9 Å². The second-order valence-electron chi connectivity index (χ2n) is 4.87. The number of hydrogen-bond donors (Lipinski definition) is 1. The number of carboxylic acid groups (broad SMARTS) is 1. The maximum absolute atomic E-state index is 11.1. The lowest BCUT2D eigenvalue weighted by atomic mass is 9.98. The van der Waals surface area contributed by atoms with Crippen LogP contribution < -0.4 is 4.74 Å². The number of piperidine rings is 1. The van der Waals surface area contributed by atoms with Gasteiger partial charge in [-0.25, -0.2) is 0 Å². The van der Waals surface area contributed by atoms with E-state index in [0.717, 1.165) is 41.7 Å². The quantitative estimate of drug-likeness (QED) is 0.923. The lowest BCUT2D eigenvalue weighted by Crippen LogP contribution is -2.38. The molecule has 4 nitrogen and oxygen atoms in total. The van der Waals surface area contributed by atoms with Crippen LogP contribution >= 0.6 is 15.9 Å². The number of rotatable bonds is 4. The molecule has 1 aromatic rings. The Morgan fingerprint density at radius 3 is 3.05 bits per heavy atom. The number of halogens is 1. The Hall–Kier alpha value is -1.07. The highest BCUT2D eigenvalue weighted by atomic mass is 79.9. The molecule has 1 N–H and O–H groups in total. The van der Waals surface area contributed by atoms with Crippen LogP contribution in [0.4, 0.5) is 0 Å². The third kappa shape index (κ3) is 3.70. The van der Waals surface area contributed by atoms with Crippen LogP contribution in [-0.2, 0) is 11.3 Å². The molecule has 1 unspecified atom stereocenters. The Morgan fingerprint density at radius 2 is 2.37 bits per heavy atom. The molecule has 0 spiro atoms. The first-order chi connectivity index (χ1) is 9.10. The van der Waals surface area contributed by atoms with Crippen molar-refractivity contribution < 1.29 is 14.6 Å². The highest BCUT2D eigenvalue weighted by Crippen LogP contribution is 2.26. The van der Waals surface area contributed by atoms with E-state index in [1.807, 2.05) is 18.2 Å². The molecule has 0 saturated carbocycles. The number of carbonyl (C=O) groups is 1. The molecule has 5 heteroatoms. The van der Waals surface area contributed by atoms with Crippen LogP contribution in [0.1, 0.15) is 18.4 Å². The van der Waals surface area contributed by atoms with Gasteiger partial charge in [0.1, 0.15) is 5.75 Å². The average molecular weight is 328 g/mol. The Morgan fingerprint density at radius 1 is 1.58 bits per heavy atom. The number of ether oxygens (including phenoxy) is 1. The molecule has 1 aliphatic rings. The number of likely N-dealkylation sites (tertiary alicyclic amines) is 1. The van der Waals surface area contributed by atoms with Gasteiger partial charge < -0.3 is 9.84 Å². The molecule has 0 bridgehead atoms. The number of hydrogen-bond acceptors (Lipinski definition) is 3. The van der Waals surface area contributed by atoms with Gasteiger partial charge >= 0.3 is 5.97 Å². The molecule has 1 aromatic carbocycles. The van der Waals surface area contributed by atoms with E-state index in [1.165, 1.54) is 0 Å². The summed E-state index contributed by atoms with van der Waals surface area (Å²) >= 11 is 3.42. The van der Waals surface area contributed by atoms with E-state index >= 15 is 0 Å². The Labute approximate surface area is 121 Å². The van der Waals surface area contributed by atoms with Crippen LogP contribution in [0.25, 0.3) is 0 Å². The fourth-order valence-corrected chi connectivity index (χ4v) is 2.83. The first kappa shape index (κ1) is 14.3. The number of carboxylic acids is 1. The van der Waals surface area contributed by atoms with Crippen molar-refractivity contribution in [2.24, 2.45) is 5.92 Å². The second kappa shape index (κ2) is 6.39. The van der Waals surface area contributed by atoms with Crippen molar-refractivity contribution in [1.29, 1.82) is 0 Å². The zero-order valence-electron chi connectivity index (χ0n) is 10.9. The van der Waals surface area contributed by atoms with Crippen LogP contribution in [0.5, 0.6) is 5.75 Å². The molecule has 0 aliphatic carbocycles. The van der Waals surface area contributed by atoms with Gasteiger partial charge in [-0.2, -0.15) is 0 Å². The zero-order valence-corrected chi connectivity index (χ0v) is 12.5. The van der Waals surface area contributed by atoms with Gasteiger partial charge in [0.2, 0.25) is 0 Å². The molecule has 104 valence electrons. The van der Waals surface area contributed by atoms with Crippen molar-refractivity contribution in [3.8, 4) is 5.75 Å². The largest absolute Gasteiger partial charge is 0.496 e. The van der Waals surface area contributed by atoms with Gasteiger partial charge in [-0.3, -0.25) is 9.69 Å². The Bertz CT molecular complexity index is 464. The smallest absolute Gasteiger partial charge is 0.307 e. The highest BCUT2D eigenvalue weighted by Gasteiger charge is 2.25. The van der Waals surface area contributed by atoms with Crippen LogP contribution in [0, 0.1) is 5.92 Å². The molecule has 0 radical (unpaired) electrons. The fraction of sp³-hybridized carbons (Fsp3) is 0.500. The zero-order chi connectivity index (χ0) is 13.8. The van der Waals surface area contributed by atoms with E-state index in [-0.39, 0.29) is 5.92 Å². The van der Waals surface area contributed by atoms with Crippen molar-refractivity contribution in [3.05, 3.63) is 28.2 Å². The predicted octanol–water partition coefficient (Wildman–Crippen LogP) is 2.75. The van der Waals surface area contributed by atoms with Gasteiger partial charge in [0.25, 0.3) is 0 Å². The molecule has 1 heterocycles. The van der Waals surface area contributed by atoms with Crippen LogP contribution in [0.2, 0.25) is 0 Å². The summed E-state index contributed by atoms with van der Waals surface area (Å²) in [5.74, 6) is -0.0884. The summed E-state index contributed by atoms with van der Waals surface area (Å²) < 4.78 is 6.35. The predicted molar refractivity (Wildman–Crippen MR) is 76.3 cm³/mol. The number of methoxy groups -OCH3 is 1. The van der Waals surface area contributed by atoms with Gasteiger partial charge in [0, 0.05) is 23.1 Å². The fourth-order valence-electron chi connectivity index (χ4n) is 2.49. The molecule has 1 aliphatic heterocycles. The third-order valence-electron chi connectivity index (χ3n) is 3.50. The van der Waals surface area contributed by atoms with E-state index in [0.29, 0.717) is 6.54 Å². The Balaban J connectivity index is 2.06. The van der Waals surface area contributed by atoms with Crippen LogP contribution in [-0.4, -0.2) is 36.2 Å². The number of benzene rings is 1. The van der Waals surface area contributed by atoms with E-state index in [4.69, 9.17) is 9.84 Å². The van der Waals surface area contributed by atoms with Crippen LogP contribution in [0.3, 0.4) is 0 Å². The maximum atomic E-state index is 11.1. The van der Waals surface area contributed by atoms with Gasteiger partial charge in [-0.05, 0) is 31.5 Å². The summed E-state index contributed by atoms with van der Waals surface area (Å²) in [6.45, 7) is 2.30. The van der Waals surface area contributed by atoms with Gasteiger partial charge in [0.15, 0.2) is 0 Å². The molecular formula is C14H18BrNO3. The van der Waals surface area contributed by atoms with Crippen molar-refractivity contribution in [1.82, 2.24) is 4.90 Å². The normalized spacial score (nSPS) is 20.2. The molecule has 1 fully saturated rings. The summed E-state index contributed by atoms with van der Waals surface area (Å²) in [7, 11) is 1.65. The van der Waals surface area contributed by atoms with E-state index in [9.17, 15) is 4.79 Å². The maximum Gasteiger partial charge on any atom is 0.307 e. The van der Waals surface area contributed by atoms with Crippen molar-refractivity contribution in [3.63, 3.8) is 0 Å². The van der Waals surface area contributed by atoms with Crippen LogP contribution in [0.15, 0.2) is 22.7 Å². The van der Waals surface area contributed by atoms with E-state index in [2.05, 4.69) is 20.8 Å². The van der Waals surface area contributed by atoms with Gasteiger partial charge in [0.05, 0.1) is 13.0 Å². The topological polar surface area (TPSA) is 49.8 Å². The van der Waals surface area contributed by atoms with Gasteiger partial charge in [-0.15, -0.1) is 0 Å². The van der Waals surface area contributed by atoms with Crippen molar-refractivity contribution in [2.75, 3.05) is 20.2 Å². The highest BCUT2D eigenvalue weighted by molar-refractivity contribution is 9.10. The standard InChI is InChI=1S/C14H18BrNO3/c1-19-13-7-12(15)5-4-10(13)8-16-6-2-3-11(9-16)14(17)18/h4-5,7,11H,2-3,6,8-9H2,1H3,(H,17,18). The minimum atomic E-state index is -0.688. The molecule has 0 aromatic heterocycles. The monoisotopic (exact) mass is 327 g/mol. The summed E-state index contributed by atoms with van der Waals surface area (Å²) in [6.07, 6.45) is 1.72. The second-order valence-corrected chi connectivity index (χ2v) is 5.78. The van der Waals surface area contributed by atoms with Crippen molar-refractivity contribution in [2.45, 2.75) is 19.4 Å². The minimum absolute atomic E-state index is 0.241. The Kier molecular flexibility index (Phi) is 4.82. The SMILES string of the molecule is COc1cc(Br)ccc1CN1CCCC(C(=O)O)C1. The lowest BCUT2D eigenvalue weighted by molar-refractivity contribution is -0.143. The number of nitrogens with zero attached hydrogens (tertiary/aromatic N) is 1. The van der Waals surface area contributed by atoms with Gasteiger partial charge in [-0.1, -0.05) is 22.0 Å². The summed E-state index contributed by atoms with van der Waals surface area (Å²) in [5.41, 5.74) is 1.09. The number of aliphatic carboxylic acids is 1. The first-order valence-corrected chi connectivity index (χ1v) is 7.17. The summed E-state index contributed by atoms with van der Waals surface area (Å²) in [5, 5.41) is 9.10. The first-order valence-electron chi connectivity index (χ1n) is 6.37. The summed E-state index contributed by atoms with van der Waals surface area (Å²) in [4.78, 5) is 13.3. The molecule has 1 saturated heterocycles. The molecule has 2 rings (SSSR count). The molecule has 19 heavy (non-hydrogen) atoms. The molecule has 0 amide bonds. The summed E-state index contributed by atoms with van der Waals surface area (Å²) in [6, 6.07) is 5.94. The minimum Gasteiger partial charge on any atom is -0.496 e.